The van der Waals surface area contributed by atoms with E-state index in [9.17, 15) is 19.2 Å². The summed E-state index contributed by atoms with van der Waals surface area (Å²) < 4.78 is 0. The summed E-state index contributed by atoms with van der Waals surface area (Å²) in [5.74, 6) is -2.44. The fourth-order valence-corrected chi connectivity index (χ4v) is 2.20. The van der Waals surface area contributed by atoms with Gasteiger partial charge < -0.3 is 26.0 Å². The largest absolute Gasteiger partial charge is 0.480 e. The second-order valence-corrected chi connectivity index (χ2v) is 5.45. The van der Waals surface area contributed by atoms with Gasteiger partial charge in [-0.25, -0.2) is 9.59 Å². The van der Waals surface area contributed by atoms with Crippen molar-refractivity contribution in [3.8, 4) is 0 Å². The first-order valence-electron chi connectivity index (χ1n) is 6.42. The standard InChI is InChI=1S/C12H20N4O5/c1-12(2)10(20)15(3)4-5-16(12)11(21)14-7(9(18)19)6-8(13)17/h7H,4-6H2,1-3H3,(H2,13,17)(H,14,21)(H,18,19)/t7-/m0/s1. The lowest BCUT2D eigenvalue weighted by atomic mass is 9.98. The number of hydrogen-bond donors (Lipinski definition) is 3. The summed E-state index contributed by atoms with van der Waals surface area (Å²) in [7, 11) is 1.63. The molecular weight excluding hydrogens is 280 g/mol. The van der Waals surface area contributed by atoms with Crippen LogP contribution >= 0.6 is 0 Å². The number of nitrogens with zero attached hydrogens (tertiary/aromatic N) is 2. The number of rotatable bonds is 4. The second kappa shape index (κ2) is 5.98. The molecule has 1 heterocycles. The Morgan fingerprint density at radius 1 is 1.38 bits per heavy atom. The molecule has 1 atom stereocenters. The van der Waals surface area contributed by atoms with Gasteiger partial charge in [-0.15, -0.1) is 0 Å². The van der Waals surface area contributed by atoms with Crippen LogP contribution in [0.25, 0.3) is 0 Å². The number of primary amides is 1. The van der Waals surface area contributed by atoms with Crippen molar-refractivity contribution in [1.29, 1.82) is 0 Å². The summed E-state index contributed by atoms with van der Waals surface area (Å²) in [6.45, 7) is 3.77. The van der Waals surface area contributed by atoms with Crippen LogP contribution in [0.4, 0.5) is 4.79 Å². The number of carbonyl (C=O) groups excluding carboxylic acids is 3. The number of carbonyl (C=O) groups is 4. The molecule has 1 saturated heterocycles. The first-order chi connectivity index (χ1) is 9.57. The van der Waals surface area contributed by atoms with E-state index in [1.807, 2.05) is 0 Å². The Balaban J connectivity index is 2.85. The zero-order valence-electron chi connectivity index (χ0n) is 12.3. The molecule has 1 fully saturated rings. The van der Waals surface area contributed by atoms with Gasteiger partial charge in [0.05, 0.1) is 6.42 Å². The van der Waals surface area contributed by atoms with Crippen LogP contribution in [0.5, 0.6) is 0 Å². The van der Waals surface area contributed by atoms with Gasteiger partial charge in [0, 0.05) is 20.1 Å². The molecule has 0 saturated carbocycles. The number of hydrogen-bond acceptors (Lipinski definition) is 4. The molecule has 9 nitrogen and oxygen atoms in total. The lowest BCUT2D eigenvalue weighted by Gasteiger charge is -2.44. The van der Waals surface area contributed by atoms with Crippen molar-refractivity contribution in [3.05, 3.63) is 0 Å². The molecule has 1 aliphatic rings. The molecule has 0 aromatic carbocycles. The first kappa shape index (κ1) is 16.7. The van der Waals surface area contributed by atoms with E-state index < -0.39 is 35.9 Å². The summed E-state index contributed by atoms with van der Waals surface area (Å²) in [5.41, 5.74) is 3.86. The number of likely N-dealkylation sites (N-methyl/N-ethyl adjacent to an activating group) is 1. The fourth-order valence-electron chi connectivity index (χ4n) is 2.20. The Labute approximate surface area is 122 Å². The van der Waals surface area contributed by atoms with Crippen molar-refractivity contribution in [3.63, 3.8) is 0 Å². The van der Waals surface area contributed by atoms with E-state index in [0.717, 1.165) is 0 Å². The van der Waals surface area contributed by atoms with E-state index in [-0.39, 0.29) is 12.5 Å². The van der Waals surface area contributed by atoms with Gasteiger partial charge in [-0.2, -0.15) is 0 Å². The molecule has 4 N–H and O–H groups in total. The number of amides is 4. The third-order valence-corrected chi connectivity index (χ3v) is 3.45. The van der Waals surface area contributed by atoms with Crippen LogP contribution in [0, 0.1) is 0 Å². The van der Waals surface area contributed by atoms with Gasteiger partial charge in [0.15, 0.2) is 0 Å². The SMILES string of the molecule is CN1CCN(C(=O)N[C@@H](CC(N)=O)C(=O)O)C(C)(C)C1=O. The van der Waals surface area contributed by atoms with Crippen LogP contribution in [0.2, 0.25) is 0 Å². The van der Waals surface area contributed by atoms with Crippen LogP contribution in [0.3, 0.4) is 0 Å². The molecule has 0 bridgehead atoms. The molecule has 21 heavy (non-hydrogen) atoms. The topological polar surface area (TPSA) is 133 Å². The minimum atomic E-state index is -1.42. The summed E-state index contributed by atoms with van der Waals surface area (Å²) in [5, 5.41) is 11.2. The average Bonchev–Trinajstić information content (AvgIpc) is 2.34. The maximum absolute atomic E-state index is 12.2. The van der Waals surface area contributed by atoms with Crippen molar-refractivity contribution in [2.24, 2.45) is 5.73 Å². The van der Waals surface area contributed by atoms with Crippen LogP contribution in [0.15, 0.2) is 0 Å². The summed E-state index contributed by atoms with van der Waals surface area (Å²) in [6.07, 6.45) is -0.511. The number of carboxylic acids is 1. The van der Waals surface area contributed by atoms with Crippen LogP contribution in [0.1, 0.15) is 20.3 Å². The average molecular weight is 300 g/mol. The van der Waals surface area contributed by atoms with Gasteiger partial charge in [-0.3, -0.25) is 9.59 Å². The highest BCUT2D eigenvalue weighted by molar-refractivity contribution is 5.93. The number of piperazine rings is 1. The normalized spacial score (nSPS) is 19.1. The molecule has 0 radical (unpaired) electrons. The summed E-state index contributed by atoms with van der Waals surface area (Å²) in [6, 6.07) is -2.13. The van der Waals surface area contributed by atoms with E-state index in [1.54, 1.807) is 20.9 Å². The Morgan fingerprint density at radius 3 is 2.43 bits per heavy atom. The highest BCUT2D eigenvalue weighted by Gasteiger charge is 2.43. The minimum Gasteiger partial charge on any atom is -0.480 e. The van der Waals surface area contributed by atoms with E-state index in [0.29, 0.717) is 6.54 Å². The van der Waals surface area contributed by atoms with E-state index in [1.165, 1.54) is 9.80 Å². The van der Waals surface area contributed by atoms with Gasteiger partial charge in [0.2, 0.25) is 11.8 Å². The van der Waals surface area contributed by atoms with E-state index in [2.05, 4.69) is 5.32 Å². The van der Waals surface area contributed by atoms with Gasteiger partial charge in [0.1, 0.15) is 11.6 Å². The highest BCUT2D eigenvalue weighted by atomic mass is 16.4. The van der Waals surface area contributed by atoms with E-state index in [4.69, 9.17) is 10.8 Å². The predicted octanol–water partition coefficient (Wildman–Crippen LogP) is -1.42. The Morgan fingerprint density at radius 2 is 1.95 bits per heavy atom. The second-order valence-electron chi connectivity index (χ2n) is 5.45. The zero-order valence-corrected chi connectivity index (χ0v) is 12.3. The van der Waals surface area contributed by atoms with E-state index >= 15 is 0 Å². The van der Waals surface area contributed by atoms with Gasteiger partial charge in [-0.05, 0) is 13.8 Å². The van der Waals surface area contributed by atoms with Crippen molar-refractivity contribution >= 4 is 23.8 Å². The molecule has 118 valence electrons. The van der Waals surface area contributed by atoms with Crippen molar-refractivity contribution in [1.82, 2.24) is 15.1 Å². The molecular formula is C12H20N4O5. The summed E-state index contributed by atoms with van der Waals surface area (Å²) in [4.78, 5) is 48.9. The monoisotopic (exact) mass is 300 g/mol. The smallest absolute Gasteiger partial charge is 0.326 e. The van der Waals surface area contributed by atoms with Gasteiger partial charge in [0.25, 0.3) is 0 Å². The molecule has 4 amide bonds. The lowest BCUT2D eigenvalue weighted by Crippen LogP contribution is -2.66. The third-order valence-electron chi connectivity index (χ3n) is 3.45. The molecule has 0 spiro atoms. The fraction of sp³-hybridized carbons (Fsp3) is 0.667. The van der Waals surface area contributed by atoms with Crippen molar-refractivity contribution in [2.75, 3.05) is 20.1 Å². The molecule has 9 heteroatoms. The summed E-state index contributed by atoms with van der Waals surface area (Å²) >= 11 is 0. The lowest BCUT2D eigenvalue weighted by molar-refractivity contribution is -0.144. The molecule has 1 aliphatic heterocycles. The number of carboxylic acid groups (broad SMARTS) is 1. The van der Waals surface area contributed by atoms with Crippen LogP contribution < -0.4 is 11.1 Å². The molecule has 0 aromatic heterocycles. The molecule has 0 unspecified atom stereocenters. The predicted molar refractivity (Wildman–Crippen MR) is 72.2 cm³/mol. The Hall–Kier alpha value is -2.32. The number of nitrogens with two attached hydrogens (primary N) is 1. The zero-order chi connectivity index (χ0) is 16.4. The number of urea groups is 1. The minimum absolute atomic E-state index is 0.245. The van der Waals surface area contributed by atoms with Gasteiger partial charge >= 0.3 is 12.0 Å². The van der Waals surface area contributed by atoms with Crippen LogP contribution in [-0.4, -0.2) is 70.4 Å². The Kier molecular flexibility index (Phi) is 4.77. The van der Waals surface area contributed by atoms with Crippen LogP contribution in [-0.2, 0) is 14.4 Å². The highest BCUT2D eigenvalue weighted by Crippen LogP contribution is 2.21. The number of nitrogens with one attached hydrogen (secondary N) is 1. The molecule has 0 aromatic rings. The molecule has 0 aliphatic carbocycles. The first-order valence-corrected chi connectivity index (χ1v) is 6.42. The number of aliphatic carboxylic acids is 1. The maximum Gasteiger partial charge on any atom is 0.326 e. The quantitative estimate of drug-likeness (QED) is 0.586. The van der Waals surface area contributed by atoms with Crippen molar-refractivity contribution in [2.45, 2.75) is 31.8 Å². The third kappa shape index (κ3) is 3.61. The van der Waals surface area contributed by atoms with Crippen molar-refractivity contribution < 1.29 is 24.3 Å². The molecule has 1 rings (SSSR count). The maximum atomic E-state index is 12.2. The van der Waals surface area contributed by atoms with Gasteiger partial charge in [-0.1, -0.05) is 0 Å². The Bertz CT molecular complexity index is 476.